The lowest BCUT2D eigenvalue weighted by molar-refractivity contribution is 0.504. The molecule has 0 radical (unpaired) electrons. The second-order valence-corrected chi connectivity index (χ2v) is 10.5. The van der Waals surface area contributed by atoms with Crippen molar-refractivity contribution in [2.24, 2.45) is 0 Å². The van der Waals surface area contributed by atoms with Crippen LogP contribution in [0, 0.1) is 0 Å². The van der Waals surface area contributed by atoms with E-state index in [2.05, 4.69) is 13.8 Å². The molecule has 0 heterocycles. The van der Waals surface area contributed by atoms with Gasteiger partial charge >= 0.3 is 0 Å². The molecule has 0 aromatic carbocycles. The molecule has 0 aliphatic heterocycles. The number of hydrogen-bond donors (Lipinski definition) is 0. The zero-order valence-electron chi connectivity index (χ0n) is 22.5. The summed E-state index contributed by atoms with van der Waals surface area (Å²) in [7, 11) is 0. The van der Waals surface area contributed by atoms with Gasteiger partial charge in [0.25, 0.3) is 0 Å². The Kier molecular flexibility index (Phi) is 30.0. The molecule has 4 saturated carbocycles. The van der Waals surface area contributed by atoms with Crippen molar-refractivity contribution in [3.8, 4) is 0 Å². The Bertz CT molecular complexity index is 168. The summed E-state index contributed by atoms with van der Waals surface area (Å²) in [6.45, 7) is 4.49. The average molecular weight is 437 g/mol. The highest BCUT2D eigenvalue weighted by atomic mass is 14.0. The van der Waals surface area contributed by atoms with E-state index in [1.807, 2.05) is 0 Å². The fraction of sp³-hybridized carbons (Fsp3) is 1.00. The molecule has 0 nitrogen and oxygen atoms in total. The van der Waals surface area contributed by atoms with Crippen LogP contribution in [0.5, 0.6) is 0 Å². The van der Waals surface area contributed by atoms with Crippen molar-refractivity contribution >= 4 is 0 Å². The molecule has 0 saturated heterocycles. The van der Waals surface area contributed by atoms with Crippen LogP contribution in [0.4, 0.5) is 0 Å². The molecule has 0 aromatic heterocycles. The molecule has 4 rings (SSSR count). The summed E-state index contributed by atoms with van der Waals surface area (Å²) < 4.78 is 0. The van der Waals surface area contributed by atoms with Gasteiger partial charge in [-0.3, -0.25) is 0 Å². The van der Waals surface area contributed by atoms with Crippen LogP contribution < -0.4 is 0 Å². The predicted octanol–water partition coefficient (Wildman–Crippen LogP) is 12.3. The zero-order chi connectivity index (χ0) is 22.5. The van der Waals surface area contributed by atoms with Crippen molar-refractivity contribution in [2.75, 3.05) is 0 Å². The van der Waals surface area contributed by atoms with Gasteiger partial charge in [-0.25, -0.2) is 0 Å². The molecular formula is C31H64. The second-order valence-electron chi connectivity index (χ2n) is 10.5. The van der Waals surface area contributed by atoms with E-state index in [9.17, 15) is 0 Å². The van der Waals surface area contributed by atoms with Gasteiger partial charge in [0.2, 0.25) is 0 Å². The first kappa shape index (κ1) is 31.0. The standard InChI is InChI=1S/C7H16.4C6H12/c1-3-5-7-6-4-2;4*1-2-4-6-5-3-1/h3-7H2,1-2H3;4*1-6H2. The van der Waals surface area contributed by atoms with Gasteiger partial charge in [0, 0.05) is 0 Å². The fourth-order valence-electron chi connectivity index (χ4n) is 4.92. The minimum atomic E-state index is 1.36. The maximum Gasteiger partial charge on any atom is -0.0533 e. The van der Waals surface area contributed by atoms with Gasteiger partial charge < -0.3 is 0 Å². The van der Waals surface area contributed by atoms with Crippen LogP contribution >= 0.6 is 0 Å². The molecule has 0 unspecified atom stereocenters. The van der Waals surface area contributed by atoms with Crippen molar-refractivity contribution < 1.29 is 0 Å². The molecule has 0 spiro atoms. The van der Waals surface area contributed by atoms with E-state index in [0.717, 1.165) is 0 Å². The van der Waals surface area contributed by atoms with Crippen molar-refractivity contribution in [3.05, 3.63) is 0 Å². The van der Waals surface area contributed by atoms with Gasteiger partial charge in [0.15, 0.2) is 0 Å². The van der Waals surface area contributed by atoms with Crippen LogP contribution in [0.2, 0.25) is 0 Å². The zero-order valence-corrected chi connectivity index (χ0v) is 22.5. The Morgan fingerprint density at radius 2 is 0.355 bits per heavy atom. The monoisotopic (exact) mass is 437 g/mol. The van der Waals surface area contributed by atoms with Gasteiger partial charge in [-0.2, -0.15) is 0 Å². The minimum Gasteiger partial charge on any atom is -0.0654 e. The molecule has 4 aliphatic rings. The molecule has 4 fully saturated rings. The maximum absolute atomic E-state index is 2.25. The maximum atomic E-state index is 2.25. The van der Waals surface area contributed by atoms with Crippen LogP contribution in [-0.4, -0.2) is 0 Å². The lowest BCUT2D eigenvalue weighted by Gasteiger charge is -2.05. The smallest absolute Gasteiger partial charge is 0.0533 e. The van der Waals surface area contributed by atoms with Crippen molar-refractivity contribution in [2.45, 2.75) is 200 Å². The number of unbranched alkanes of at least 4 members (excludes halogenated alkanes) is 4. The summed E-state index contributed by atoms with van der Waals surface area (Å²) >= 11 is 0. The topological polar surface area (TPSA) is 0 Å². The summed E-state index contributed by atoms with van der Waals surface area (Å²) in [6.07, 6.45) is 43.0. The molecule has 0 heteroatoms. The molecule has 0 N–H and O–H groups in total. The Hall–Kier alpha value is 0. The van der Waals surface area contributed by atoms with Crippen molar-refractivity contribution in [1.82, 2.24) is 0 Å². The Labute approximate surface area is 200 Å². The summed E-state index contributed by atoms with van der Waals surface area (Å²) in [5.74, 6) is 0. The molecule has 0 atom stereocenters. The van der Waals surface area contributed by atoms with Gasteiger partial charge in [0.1, 0.15) is 0 Å². The molecule has 188 valence electrons. The van der Waals surface area contributed by atoms with E-state index in [-0.39, 0.29) is 0 Å². The Morgan fingerprint density at radius 1 is 0.226 bits per heavy atom. The Morgan fingerprint density at radius 3 is 0.452 bits per heavy atom. The van der Waals surface area contributed by atoms with Crippen LogP contribution in [0.15, 0.2) is 0 Å². The average Bonchev–Trinajstić information content (AvgIpc) is 2.90. The minimum absolute atomic E-state index is 1.36. The Balaban J connectivity index is 0.000000363. The SMILES string of the molecule is C1CCCCC1.C1CCCCC1.C1CCCCC1.C1CCCCC1.CCCCCCC. The van der Waals surface area contributed by atoms with Gasteiger partial charge in [-0.15, -0.1) is 0 Å². The summed E-state index contributed by atoms with van der Waals surface area (Å²) in [5.41, 5.74) is 0. The van der Waals surface area contributed by atoms with Crippen LogP contribution in [0.3, 0.4) is 0 Å². The third kappa shape index (κ3) is 30.0. The summed E-state index contributed by atoms with van der Waals surface area (Å²) in [5, 5.41) is 0. The quantitative estimate of drug-likeness (QED) is 0.384. The highest BCUT2D eigenvalue weighted by molar-refractivity contribution is 4.52. The second kappa shape index (κ2) is 30.0. The third-order valence-electron chi connectivity index (χ3n) is 7.21. The molecule has 0 bridgehead atoms. The van der Waals surface area contributed by atoms with Gasteiger partial charge in [-0.1, -0.05) is 200 Å². The first-order valence-corrected chi connectivity index (χ1v) is 15.4. The van der Waals surface area contributed by atoms with Crippen molar-refractivity contribution in [3.63, 3.8) is 0 Å². The molecule has 0 aromatic rings. The highest BCUT2D eigenvalue weighted by Crippen LogP contribution is 2.17. The highest BCUT2D eigenvalue weighted by Gasteiger charge is 1.97. The summed E-state index contributed by atoms with van der Waals surface area (Å²) in [4.78, 5) is 0. The first-order valence-electron chi connectivity index (χ1n) is 15.4. The first-order chi connectivity index (χ1) is 15.4. The molecular weight excluding hydrogens is 372 g/mol. The fourth-order valence-corrected chi connectivity index (χ4v) is 4.92. The normalized spacial score (nSPS) is 20.7. The number of rotatable bonds is 4. The lowest BCUT2D eigenvalue weighted by atomic mass is 10.0. The van der Waals surface area contributed by atoms with Crippen LogP contribution in [0.25, 0.3) is 0 Å². The van der Waals surface area contributed by atoms with E-state index >= 15 is 0 Å². The van der Waals surface area contributed by atoms with E-state index < -0.39 is 0 Å². The molecule has 31 heavy (non-hydrogen) atoms. The van der Waals surface area contributed by atoms with Crippen LogP contribution in [0.1, 0.15) is 200 Å². The van der Waals surface area contributed by atoms with Gasteiger partial charge in [-0.05, 0) is 0 Å². The lowest BCUT2D eigenvalue weighted by Crippen LogP contribution is -1.85. The van der Waals surface area contributed by atoms with Gasteiger partial charge in [0.05, 0.1) is 0 Å². The van der Waals surface area contributed by atoms with Crippen LogP contribution in [-0.2, 0) is 0 Å². The van der Waals surface area contributed by atoms with E-state index in [1.54, 1.807) is 0 Å². The number of hydrogen-bond acceptors (Lipinski definition) is 0. The van der Waals surface area contributed by atoms with E-state index in [4.69, 9.17) is 0 Å². The van der Waals surface area contributed by atoms with E-state index in [1.165, 1.54) is 186 Å². The van der Waals surface area contributed by atoms with E-state index in [0.29, 0.717) is 0 Å². The largest absolute Gasteiger partial charge is 0.0654 e. The molecule has 4 aliphatic carbocycles. The van der Waals surface area contributed by atoms with Crippen molar-refractivity contribution in [1.29, 1.82) is 0 Å². The predicted molar refractivity (Wildman–Crippen MR) is 145 cm³/mol. The summed E-state index contributed by atoms with van der Waals surface area (Å²) in [6, 6.07) is 0. The third-order valence-corrected chi connectivity index (χ3v) is 7.21. The molecule has 0 amide bonds.